The van der Waals surface area contributed by atoms with Crippen LogP contribution in [0, 0.1) is 0 Å². The molecule has 1 heterocycles. The molecule has 0 spiro atoms. The highest BCUT2D eigenvalue weighted by atomic mass is 32.2. The predicted molar refractivity (Wildman–Crippen MR) is 137 cm³/mol. The molecule has 35 heavy (non-hydrogen) atoms. The van der Waals surface area contributed by atoms with Crippen LogP contribution in [0.25, 0.3) is 11.1 Å². The van der Waals surface area contributed by atoms with E-state index in [0.717, 1.165) is 25.7 Å². The molecule has 4 rings (SSSR count). The number of rotatable bonds is 8. The highest BCUT2D eigenvalue weighted by molar-refractivity contribution is 7.99. The monoisotopic (exact) mass is 496 g/mol. The van der Waals surface area contributed by atoms with Gasteiger partial charge in [0.2, 0.25) is 5.91 Å². The van der Waals surface area contributed by atoms with Crippen molar-refractivity contribution < 1.29 is 24.2 Å². The summed E-state index contributed by atoms with van der Waals surface area (Å²) in [6.45, 7) is 1.13. The van der Waals surface area contributed by atoms with Gasteiger partial charge in [0.15, 0.2) is 0 Å². The van der Waals surface area contributed by atoms with Crippen molar-refractivity contribution >= 4 is 29.7 Å². The molecule has 1 aliphatic heterocycles. The Kier molecular flexibility index (Phi) is 8.69. The van der Waals surface area contributed by atoms with Gasteiger partial charge >= 0.3 is 12.1 Å². The maximum absolute atomic E-state index is 12.7. The van der Waals surface area contributed by atoms with Gasteiger partial charge in [-0.15, -0.1) is 0 Å². The van der Waals surface area contributed by atoms with E-state index >= 15 is 0 Å². The largest absolute Gasteiger partial charge is 0.480 e. The lowest BCUT2D eigenvalue weighted by molar-refractivity contribution is -0.150. The number of aliphatic carboxylic acids is 1. The van der Waals surface area contributed by atoms with E-state index in [2.05, 4.69) is 29.6 Å². The molecule has 186 valence electrons. The summed E-state index contributed by atoms with van der Waals surface area (Å²) >= 11 is 1.39. The molecule has 7 nitrogen and oxygen atoms in total. The van der Waals surface area contributed by atoms with E-state index in [0.29, 0.717) is 25.3 Å². The van der Waals surface area contributed by atoms with E-state index in [9.17, 15) is 19.5 Å². The number of carbonyl (C=O) groups excluding carboxylic acids is 2. The Balaban J connectivity index is 1.19. The minimum absolute atomic E-state index is 0.0140. The molecule has 1 fully saturated rings. The van der Waals surface area contributed by atoms with E-state index in [1.54, 1.807) is 0 Å². The standard InChI is InChI=1S/C27H32N2O5S/c30-25(29-15-8-2-1-3-13-24(29)26(31)32)18-35-16-14-28-27(33)34-17-23-21-11-6-4-9-19(21)20-10-5-7-12-22(20)23/h4-7,9-12,23-24H,1-3,8,13-18H2,(H,28,33)(H,31,32). The van der Waals surface area contributed by atoms with Crippen molar-refractivity contribution in [3.05, 3.63) is 59.7 Å². The summed E-state index contributed by atoms with van der Waals surface area (Å²) in [4.78, 5) is 38.1. The number of likely N-dealkylation sites (tertiary alicyclic amines) is 1. The van der Waals surface area contributed by atoms with E-state index in [4.69, 9.17) is 4.74 Å². The van der Waals surface area contributed by atoms with Crippen LogP contribution in [0.3, 0.4) is 0 Å². The summed E-state index contributed by atoms with van der Waals surface area (Å²) in [5, 5.41) is 12.3. The molecule has 2 aromatic carbocycles. The van der Waals surface area contributed by atoms with E-state index in [1.807, 2.05) is 24.3 Å². The van der Waals surface area contributed by atoms with Crippen LogP contribution < -0.4 is 5.32 Å². The molecule has 1 atom stereocenters. The van der Waals surface area contributed by atoms with Crippen LogP contribution in [0.15, 0.2) is 48.5 Å². The molecule has 0 aromatic heterocycles. The number of hydrogen-bond acceptors (Lipinski definition) is 5. The molecule has 2 aliphatic rings. The lowest BCUT2D eigenvalue weighted by Gasteiger charge is -2.30. The van der Waals surface area contributed by atoms with Gasteiger partial charge < -0.3 is 20.1 Å². The molecule has 8 heteroatoms. The van der Waals surface area contributed by atoms with Gasteiger partial charge in [-0.05, 0) is 35.1 Å². The Labute approximate surface area is 210 Å². The first-order chi connectivity index (χ1) is 17.1. The molecule has 1 unspecified atom stereocenters. The normalized spacial score (nSPS) is 17.6. The topological polar surface area (TPSA) is 95.9 Å². The van der Waals surface area contributed by atoms with Crippen molar-refractivity contribution in [3.8, 4) is 11.1 Å². The van der Waals surface area contributed by atoms with Crippen molar-refractivity contribution in [3.63, 3.8) is 0 Å². The lowest BCUT2D eigenvalue weighted by atomic mass is 9.98. The van der Waals surface area contributed by atoms with Gasteiger partial charge in [-0.1, -0.05) is 67.8 Å². The number of nitrogens with zero attached hydrogens (tertiary/aromatic N) is 1. The van der Waals surface area contributed by atoms with Crippen LogP contribution in [-0.4, -0.2) is 65.2 Å². The number of carboxylic acid groups (broad SMARTS) is 1. The first-order valence-electron chi connectivity index (χ1n) is 12.2. The molecule has 2 aromatic rings. The second kappa shape index (κ2) is 12.1. The maximum Gasteiger partial charge on any atom is 0.407 e. The molecular weight excluding hydrogens is 464 g/mol. The molecular formula is C27H32N2O5S. The summed E-state index contributed by atoms with van der Waals surface area (Å²) in [6.07, 6.45) is 3.74. The number of carboxylic acids is 1. The summed E-state index contributed by atoms with van der Waals surface area (Å²) in [5.74, 6) is -0.315. The van der Waals surface area contributed by atoms with Gasteiger partial charge in [-0.25, -0.2) is 9.59 Å². The van der Waals surface area contributed by atoms with Crippen LogP contribution in [-0.2, 0) is 14.3 Å². The van der Waals surface area contributed by atoms with E-state index in [-0.39, 0.29) is 24.2 Å². The number of amides is 2. The third kappa shape index (κ3) is 6.17. The van der Waals surface area contributed by atoms with Crippen LogP contribution >= 0.6 is 11.8 Å². The molecule has 0 saturated carbocycles. The smallest absolute Gasteiger partial charge is 0.407 e. The van der Waals surface area contributed by atoms with Crippen molar-refractivity contribution in [2.75, 3.05) is 31.2 Å². The zero-order chi connectivity index (χ0) is 24.6. The number of alkyl carbamates (subject to hydrolysis) is 1. The van der Waals surface area contributed by atoms with Gasteiger partial charge in [-0.3, -0.25) is 4.79 Å². The molecule has 0 bridgehead atoms. The third-order valence-electron chi connectivity index (χ3n) is 6.69. The first-order valence-corrected chi connectivity index (χ1v) is 13.4. The number of nitrogens with one attached hydrogen (secondary N) is 1. The van der Waals surface area contributed by atoms with Gasteiger partial charge in [0.05, 0.1) is 5.75 Å². The second-order valence-electron chi connectivity index (χ2n) is 8.95. The second-order valence-corrected chi connectivity index (χ2v) is 10.1. The quantitative estimate of drug-likeness (QED) is 0.523. The average Bonchev–Trinajstić information content (AvgIpc) is 3.16. The average molecular weight is 497 g/mol. The Hall–Kier alpha value is -3.00. The third-order valence-corrected chi connectivity index (χ3v) is 7.64. The molecule has 1 aliphatic carbocycles. The Bertz CT molecular complexity index is 1010. The summed E-state index contributed by atoms with van der Waals surface area (Å²) in [6, 6.07) is 15.7. The summed E-state index contributed by atoms with van der Waals surface area (Å²) in [5.41, 5.74) is 4.70. The SMILES string of the molecule is O=C(NCCSCC(=O)N1CCCCCCC1C(=O)O)OCC1c2ccccc2-c2ccccc21. The van der Waals surface area contributed by atoms with Crippen LogP contribution in [0.2, 0.25) is 0 Å². The summed E-state index contributed by atoms with van der Waals surface area (Å²) in [7, 11) is 0. The maximum atomic E-state index is 12.7. The lowest BCUT2D eigenvalue weighted by Crippen LogP contribution is -2.47. The number of thioether (sulfide) groups is 1. The highest BCUT2D eigenvalue weighted by Gasteiger charge is 2.30. The number of hydrogen-bond donors (Lipinski definition) is 2. The van der Waals surface area contributed by atoms with Crippen LogP contribution in [0.1, 0.15) is 49.1 Å². The highest BCUT2D eigenvalue weighted by Crippen LogP contribution is 2.44. The number of carbonyl (C=O) groups is 3. The van der Waals surface area contributed by atoms with Crippen molar-refractivity contribution in [2.24, 2.45) is 0 Å². The zero-order valence-electron chi connectivity index (χ0n) is 19.8. The van der Waals surface area contributed by atoms with Crippen LogP contribution in [0.5, 0.6) is 0 Å². The molecule has 2 N–H and O–H groups in total. The Morgan fingerprint density at radius 3 is 2.31 bits per heavy atom. The fourth-order valence-electron chi connectivity index (χ4n) is 4.96. The molecule has 2 amide bonds. The van der Waals surface area contributed by atoms with Crippen LogP contribution in [0.4, 0.5) is 4.79 Å². The number of benzene rings is 2. The van der Waals surface area contributed by atoms with Crippen molar-refractivity contribution in [1.82, 2.24) is 10.2 Å². The minimum Gasteiger partial charge on any atom is -0.480 e. The van der Waals surface area contributed by atoms with Gasteiger partial charge in [0, 0.05) is 24.8 Å². The summed E-state index contributed by atoms with van der Waals surface area (Å²) < 4.78 is 5.53. The van der Waals surface area contributed by atoms with E-state index in [1.165, 1.54) is 38.9 Å². The fraction of sp³-hybridized carbons (Fsp3) is 0.444. The zero-order valence-corrected chi connectivity index (χ0v) is 20.6. The number of ether oxygens (including phenoxy) is 1. The Morgan fingerprint density at radius 2 is 1.63 bits per heavy atom. The number of fused-ring (bicyclic) bond motifs is 3. The Morgan fingerprint density at radius 1 is 0.971 bits per heavy atom. The minimum atomic E-state index is -0.929. The fourth-order valence-corrected chi connectivity index (χ4v) is 5.69. The molecule has 1 saturated heterocycles. The van der Waals surface area contributed by atoms with Gasteiger partial charge in [-0.2, -0.15) is 11.8 Å². The first kappa shape index (κ1) is 25.1. The van der Waals surface area contributed by atoms with E-state index < -0.39 is 18.1 Å². The van der Waals surface area contributed by atoms with Gasteiger partial charge in [0.25, 0.3) is 0 Å². The van der Waals surface area contributed by atoms with Gasteiger partial charge in [0.1, 0.15) is 12.6 Å². The van der Waals surface area contributed by atoms with Crippen molar-refractivity contribution in [1.29, 1.82) is 0 Å². The predicted octanol–water partition coefficient (Wildman–Crippen LogP) is 4.50. The molecule has 0 radical (unpaired) electrons. The van der Waals surface area contributed by atoms with Crippen molar-refractivity contribution in [2.45, 2.75) is 44.1 Å².